The first-order valence-electron chi connectivity index (χ1n) is 8.17. The Morgan fingerprint density at radius 1 is 1.33 bits per heavy atom. The van der Waals surface area contributed by atoms with Crippen LogP contribution < -0.4 is 10.2 Å². The van der Waals surface area contributed by atoms with Gasteiger partial charge in [-0.3, -0.25) is 10.1 Å². The predicted molar refractivity (Wildman–Crippen MR) is 93.1 cm³/mol. The molecule has 0 spiro atoms. The van der Waals surface area contributed by atoms with E-state index in [0.717, 1.165) is 31.5 Å². The van der Waals surface area contributed by atoms with Crippen molar-refractivity contribution in [1.29, 1.82) is 0 Å². The van der Waals surface area contributed by atoms with Crippen LogP contribution in [0.2, 0.25) is 0 Å². The molecule has 1 N–H and O–H groups in total. The second kappa shape index (κ2) is 7.25. The van der Waals surface area contributed by atoms with Gasteiger partial charge in [0.25, 0.3) is 0 Å². The summed E-state index contributed by atoms with van der Waals surface area (Å²) >= 11 is 0. The molecule has 1 unspecified atom stereocenters. The zero-order valence-corrected chi connectivity index (χ0v) is 13.7. The first kappa shape index (κ1) is 16.2. The second-order valence-corrected chi connectivity index (χ2v) is 6.18. The molecule has 0 amide bonds. The SMILES string of the molecule is CC1CCCN(c2ncnc(NCc3ccccc3)c2[N+](=O)[O-])C1. The second-order valence-electron chi connectivity index (χ2n) is 6.18. The topological polar surface area (TPSA) is 84.2 Å². The van der Waals surface area contributed by atoms with Gasteiger partial charge in [0.15, 0.2) is 0 Å². The van der Waals surface area contributed by atoms with Gasteiger partial charge in [0.05, 0.1) is 4.92 Å². The Labute approximate surface area is 140 Å². The Kier molecular flexibility index (Phi) is 4.88. The Morgan fingerprint density at radius 2 is 2.12 bits per heavy atom. The van der Waals surface area contributed by atoms with Crippen LogP contribution in [0.15, 0.2) is 36.7 Å². The molecule has 1 aromatic carbocycles. The fourth-order valence-electron chi connectivity index (χ4n) is 3.06. The molecule has 7 heteroatoms. The average molecular weight is 327 g/mol. The van der Waals surface area contributed by atoms with Gasteiger partial charge in [-0.05, 0) is 24.3 Å². The predicted octanol–water partition coefficient (Wildman–Crippen LogP) is 3.23. The first-order valence-corrected chi connectivity index (χ1v) is 8.17. The number of piperidine rings is 1. The van der Waals surface area contributed by atoms with Crippen LogP contribution in [0.1, 0.15) is 25.3 Å². The molecule has 1 aliphatic heterocycles. The Morgan fingerprint density at radius 3 is 2.83 bits per heavy atom. The van der Waals surface area contributed by atoms with Gasteiger partial charge < -0.3 is 10.2 Å². The van der Waals surface area contributed by atoms with Gasteiger partial charge in [-0.2, -0.15) is 0 Å². The molecule has 0 radical (unpaired) electrons. The average Bonchev–Trinajstić information content (AvgIpc) is 2.60. The van der Waals surface area contributed by atoms with Crippen molar-refractivity contribution in [2.75, 3.05) is 23.3 Å². The number of nitrogens with zero attached hydrogens (tertiary/aromatic N) is 4. The molecule has 1 saturated heterocycles. The first-order chi connectivity index (χ1) is 11.6. The zero-order chi connectivity index (χ0) is 16.9. The lowest BCUT2D eigenvalue weighted by atomic mass is 10.0. The van der Waals surface area contributed by atoms with Crippen molar-refractivity contribution in [3.05, 3.63) is 52.3 Å². The summed E-state index contributed by atoms with van der Waals surface area (Å²) in [6.45, 7) is 4.22. The minimum Gasteiger partial charge on any atom is -0.360 e. The van der Waals surface area contributed by atoms with Crippen LogP contribution >= 0.6 is 0 Å². The molecule has 3 rings (SSSR count). The van der Waals surface area contributed by atoms with Gasteiger partial charge in [0.1, 0.15) is 6.33 Å². The Hall–Kier alpha value is -2.70. The van der Waals surface area contributed by atoms with Crippen LogP contribution in [0.3, 0.4) is 0 Å². The molecular formula is C17H21N5O2. The van der Waals surface area contributed by atoms with E-state index in [0.29, 0.717) is 18.3 Å². The lowest BCUT2D eigenvalue weighted by Gasteiger charge is -2.31. The van der Waals surface area contributed by atoms with Crippen LogP contribution in [-0.4, -0.2) is 28.0 Å². The van der Waals surface area contributed by atoms with E-state index < -0.39 is 0 Å². The van der Waals surface area contributed by atoms with Crippen molar-refractivity contribution < 1.29 is 4.92 Å². The smallest absolute Gasteiger partial charge is 0.353 e. The normalized spacial score (nSPS) is 17.5. The van der Waals surface area contributed by atoms with Gasteiger partial charge in [0, 0.05) is 19.6 Å². The van der Waals surface area contributed by atoms with Crippen LogP contribution in [0.5, 0.6) is 0 Å². The maximum absolute atomic E-state index is 11.6. The van der Waals surface area contributed by atoms with Crippen LogP contribution in [0.25, 0.3) is 0 Å². The number of aromatic nitrogens is 2. The molecule has 2 aromatic rings. The highest BCUT2D eigenvalue weighted by atomic mass is 16.6. The van der Waals surface area contributed by atoms with E-state index in [2.05, 4.69) is 22.2 Å². The summed E-state index contributed by atoms with van der Waals surface area (Å²) in [7, 11) is 0. The third-order valence-corrected chi connectivity index (χ3v) is 4.24. The number of hydrogen-bond acceptors (Lipinski definition) is 6. The van der Waals surface area contributed by atoms with E-state index >= 15 is 0 Å². The number of nitrogens with one attached hydrogen (secondary N) is 1. The van der Waals surface area contributed by atoms with Crippen molar-refractivity contribution in [2.24, 2.45) is 5.92 Å². The van der Waals surface area contributed by atoms with Crippen molar-refractivity contribution >= 4 is 17.3 Å². The summed E-state index contributed by atoms with van der Waals surface area (Å²) in [5.41, 5.74) is 1.00. The Balaban J connectivity index is 1.86. The molecule has 1 aliphatic rings. The molecule has 126 valence electrons. The fraction of sp³-hybridized carbons (Fsp3) is 0.412. The van der Waals surface area contributed by atoms with Crippen LogP contribution in [0, 0.1) is 16.0 Å². The number of nitro groups is 1. The minimum atomic E-state index is -0.387. The van der Waals surface area contributed by atoms with Crippen LogP contribution in [0.4, 0.5) is 17.3 Å². The standard InChI is InChI=1S/C17H21N5O2/c1-13-6-5-9-21(11-13)17-15(22(23)24)16(19-12-20-17)18-10-14-7-3-2-4-8-14/h2-4,7-8,12-13H,5-6,9-11H2,1H3,(H,18,19,20). The number of hydrogen-bond donors (Lipinski definition) is 1. The summed E-state index contributed by atoms with van der Waals surface area (Å²) in [5, 5.41) is 14.7. The molecule has 1 atom stereocenters. The fourth-order valence-corrected chi connectivity index (χ4v) is 3.06. The van der Waals surface area contributed by atoms with Crippen molar-refractivity contribution in [1.82, 2.24) is 9.97 Å². The lowest BCUT2D eigenvalue weighted by Crippen LogP contribution is -2.35. The maximum Gasteiger partial charge on any atom is 0.353 e. The van der Waals surface area contributed by atoms with E-state index in [1.807, 2.05) is 35.2 Å². The highest BCUT2D eigenvalue weighted by molar-refractivity contribution is 5.70. The number of anilines is 2. The van der Waals surface area contributed by atoms with Gasteiger partial charge in [-0.15, -0.1) is 0 Å². The number of benzene rings is 1. The van der Waals surface area contributed by atoms with Crippen LogP contribution in [-0.2, 0) is 6.54 Å². The third kappa shape index (κ3) is 3.61. The summed E-state index contributed by atoms with van der Waals surface area (Å²) in [4.78, 5) is 21.6. The van der Waals surface area contributed by atoms with Gasteiger partial charge in [0.2, 0.25) is 11.6 Å². The van der Waals surface area contributed by atoms with E-state index in [4.69, 9.17) is 0 Å². The molecule has 1 fully saturated rings. The summed E-state index contributed by atoms with van der Waals surface area (Å²) < 4.78 is 0. The molecule has 1 aromatic heterocycles. The Bertz CT molecular complexity index is 707. The highest BCUT2D eigenvalue weighted by Gasteiger charge is 2.29. The van der Waals surface area contributed by atoms with E-state index in [1.54, 1.807) is 0 Å². The monoisotopic (exact) mass is 327 g/mol. The molecule has 0 aliphatic carbocycles. The molecule has 0 bridgehead atoms. The molecule has 2 heterocycles. The largest absolute Gasteiger partial charge is 0.360 e. The zero-order valence-electron chi connectivity index (χ0n) is 13.7. The quantitative estimate of drug-likeness (QED) is 0.670. The van der Waals surface area contributed by atoms with Crippen molar-refractivity contribution in [3.63, 3.8) is 0 Å². The van der Waals surface area contributed by atoms with E-state index in [9.17, 15) is 10.1 Å². The van der Waals surface area contributed by atoms with Gasteiger partial charge >= 0.3 is 5.69 Å². The molecule has 7 nitrogen and oxygen atoms in total. The highest BCUT2D eigenvalue weighted by Crippen LogP contribution is 2.34. The van der Waals surface area contributed by atoms with Crippen molar-refractivity contribution in [3.8, 4) is 0 Å². The molecular weight excluding hydrogens is 306 g/mol. The summed E-state index contributed by atoms with van der Waals surface area (Å²) in [6, 6.07) is 9.74. The minimum absolute atomic E-state index is 0.0393. The van der Waals surface area contributed by atoms with Gasteiger partial charge in [-0.25, -0.2) is 9.97 Å². The summed E-state index contributed by atoms with van der Waals surface area (Å²) in [5.74, 6) is 1.19. The maximum atomic E-state index is 11.6. The van der Waals surface area contributed by atoms with Crippen molar-refractivity contribution in [2.45, 2.75) is 26.3 Å². The van der Waals surface area contributed by atoms with Gasteiger partial charge in [-0.1, -0.05) is 37.3 Å². The molecule has 24 heavy (non-hydrogen) atoms. The molecule has 0 saturated carbocycles. The summed E-state index contributed by atoms with van der Waals surface area (Å²) in [6.07, 6.45) is 3.57. The number of rotatable bonds is 5. The van der Waals surface area contributed by atoms with E-state index in [-0.39, 0.29) is 16.4 Å². The van der Waals surface area contributed by atoms with E-state index in [1.165, 1.54) is 6.33 Å². The lowest BCUT2D eigenvalue weighted by molar-refractivity contribution is -0.383. The third-order valence-electron chi connectivity index (χ3n) is 4.24.